The van der Waals surface area contributed by atoms with Gasteiger partial charge < -0.3 is 0 Å². The van der Waals surface area contributed by atoms with Crippen LogP contribution in [0.2, 0.25) is 0 Å². The fourth-order valence-electron chi connectivity index (χ4n) is 0.0602. The van der Waals surface area contributed by atoms with Crippen LogP contribution in [0.1, 0.15) is 0 Å². The van der Waals surface area contributed by atoms with Gasteiger partial charge in [-0.2, -0.15) is 0 Å². The molecule has 0 aromatic heterocycles. The van der Waals surface area contributed by atoms with Crippen molar-refractivity contribution in [3.63, 3.8) is 0 Å². The number of alkyl halides is 2. The van der Waals surface area contributed by atoms with E-state index >= 15 is 0 Å². The molecule has 0 fully saturated rings. The van der Waals surface area contributed by atoms with E-state index in [4.69, 9.17) is 0 Å². The van der Waals surface area contributed by atoms with Gasteiger partial charge in [0.1, 0.15) is 0 Å². The molecule has 0 aliphatic carbocycles. The van der Waals surface area contributed by atoms with E-state index in [1.54, 1.807) is 0 Å². The van der Waals surface area contributed by atoms with Crippen molar-refractivity contribution < 1.29 is 17.4 Å². The van der Waals surface area contributed by atoms with E-state index in [2.05, 4.69) is 3.02 Å². The van der Waals surface area contributed by atoms with Gasteiger partial charge in [-0.1, -0.05) is 0 Å². The molecule has 6 heteroatoms. The third-order valence-corrected chi connectivity index (χ3v) is 1.07. The quantitative estimate of drug-likeness (QED) is 0.507. The van der Waals surface area contributed by atoms with Crippen molar-refractivity contribution in [3.8, 4) is 0 Å². The second-order valence-electron chi connectivity index (χ2n) is 0.568. The van der Waals surface area contributed by atoms with Crippen molar-refractivity contribution in [1.29, 1.82) is 0 Å². The molecular weight excluding hydrogens is 226 g/mol. The summed E-state index contributed by atoms with van der Waals surface area (Å²) >= 11 is -4.83. The van der Waals surface area contributed by atoms with Crippen molar-refractivity contribution in [2.24, 2.45) is 0 Å². The summed E-state index contributed by atoms with van der Waals surface area (Å²) in [5.74, 6) is 0. The van der Waals surface area contributed by atoms with Gasteiger partial charge in [-0.25, -0.2) is 0 Å². The monoisotopic (exact) mass is 226 g/mol. The van der Waals surface area contributed by atoms with Crippen molar-refractivity contribution in [3.05, 3.63) is 0 Å². The van der Waals surface area contributed by atoms with Crippen molar-refractivity contribution in [1.82, 2.24) is 0 Å². The predicted octanol–water partition coefficient (Wildman–Crippen LogP) is 1.15. The Bertz CT molecular complexity index is 41.0. The summed E-state index contributed by atoms with van der Waals surface area (Å²) in [6.45, 7) is -3.29. The first kappa shape index (κ1) is 7.50. The molecule has 0 atom stereocenters. The Hall–Kier alpha value is 0.498. The molecule has 0 saturated heterocycles. The minimum atomic E-state index is -4.83. The van der Waals surface area contributed by atoms with Gasteiger partial charge >= 0.3 is 45.8 Å². The van der Waals surface area contributed by atoms with Gasteiger partial charge in [0.25, 0.3) is 0 Å². The van der Waals surface area contributed by atoms with Crippen LogP contribution in [0.3, 0.4) is 0 Å². The van der Waals surface area contributed by atoms with Crippen molar-refractivity contribution >= 4 is 21.8 Å². The van der Waals surface area contributed by atoms with Gasteiger partial charge in [0.05, 0.1) is 0 Å². The Labute approximate surface area is 46.4 Å². The van der Waals surface area contributed by atoms with E-state index in [9.17, 15) is 14.4 Å². The molecule has 0 heterocycles. The zero-order valence-electron chi connectivity index (χ0n) is 2.94. The Morgan fingerprint density at radius 2 is 1.71 bits per heavy atom. The molecule has 0 N–H and O–H groups in total. The number of hydrogen-bond acceptors (Lipinski definition) is 1. The zero-order valence-corrected chi connectivity index (χ0v) is 5.50. The first-order valence-corrected chi connectivity index (χ1v) is 4.16. The average molecular weight is 227 g/mol. The molecule has 0 bridgehead atoms. The molecule has 0 aliphatic heterocycles. The summed E-state index contributed by atoms with van der Waals surface area (Å²) < 4.78 is 45.6. The molecule has 0 rings (SSSR count). The van der Waals surface area contributed by atoms with Gasteiger partial charge in [0.15, 0.2) is 0 Å². The number of hydrogen-bond donors (Lipinski definition) is 0. The minimum absolute atomic E-state index is 2.77. The van der Waals surface area contributed by atoms with Crippen LogP contribution in [0.4, 0.5) is 14.4 Å². The van der Waals surface area contributed by atoms with Crippen LogP contribution in [0, 0.1) is 0 Å². The van der Waals surface area contributed by atoms with Gasteiger partial charge in [-0.3, -0.25) is 0 Å². The van der Waals surface area contributed by atoms with Crippen LogP contribution in [-0.2, 0) is 3.02 Å². The van der Waals surface area contributed by atoms with Gasteiger partial charge in [0.2, 0.25) is 0 Å². The van der Waals surface area contributed by atoms with Crippen LogP contribution in [0.5, 0.6) is 0 Å². The second-order valence-corrected chi connectivity index (χ2v) is 2.32. The Morgan fingerprint density at radius 3 is 1.71 bits per heavy atom. The Balaban J connectivity index is 2.95. The second kappa shape index (κ2) is 3.49. The van der Waals surface area contributed by atoms with Crippen molar-refractivity contribution in [2.45, 2.75) is 6.61 Å². The average Bonchev–Trinajstić information content (AvgIpc) is 1.27. The number of rotatable bonds is 2. The molecule has 44 valence electrons. The summed E-state index contributed by atoms with van der Waals surface area (Å²) in [7, 11) is 0. The fraction of sp³-hybridized carbons (Fsp3) is 1.00. The van der Waals surface area contributed by atoms with Crippen LogP contribution < -0.4 is 0 Å². The molecule has 1 nitrogen and oxygen atoms in total. The van der Waals surface area contributed by atoms with Crippen LogP contribution in [0.25, 0.3) is 0 Å². The SMILES string of the molecule is FC(F)[O][Sb]([F])[F]. The standard InChI is InChI=1S/CHF2O.2FH.Sb/c2-1(3)4;;;/h1H;2*1H;/q-1;;;+3/p-2. The summed E-state index contributed by atoms with van der Waals surface area (Å²) in [4.78, 5) is 0. The van der Waals surface area contributed by atoms with Crippen LogP contribution in [-0.4, -0.2) is 28.4 Å². The van der Waals surface area contributed by atoms with Gasteiger partial charge in [-0.15, -0.1) is 0 Å². The third kappa shape index (κ3) is 6.50. The first-order chi connectivity index (χ1) is 3.13. The topological polar surface area (TPSA) is 9.23 Å². The zero-order chi connectivity index (χ0) is 5.86. The summed E-state index contributed by atoms with van der Waals surface area (Å²) in [5.41, 5.74) is 0. The molecule has 0 aromatic rings. The van der Waals surface area contributed by atoms with E-state index in [1.807, 2.05) is 0 Å². The molecule has 7 heavy (non-hydrogen) atoms. The van der Waals surface area contributed by atoms with Crippen LogP contribution in [0.15, 0.2) is 0 Å². The predicted molar refractivity (Wildman–Crippen MR) is 15.1 cm³/mol. The molecule has 0 aromatic carbocycles. The van der Waals surface area contributed by atoms with E-state index in [-0.39, 0.29) is 0 Å². The molecule has 0 aliphatic rings. The van der Waals surface area contributed by atoms with Crippen LogP contribution >= 0.6 is 0 Å². The summed E-state index contributed by atoms with van der Waals surface area (Å²) in [6, 6.07) is 0. The molecule has 0 amide bonds. The van der Waals surface area contributed by atoms with Gasteiger partial charge in [0, 0.05) is 0 Å². The molecule has 0 saturated carbocycles. The first-order valence-electron chi connectivity index (χ1n) is 1.19. The maximum absolute atomic E-state index is 10.8. The maximum atomic E-state index is 10.8. The molecule has 0 unspecified atom stereocenters. The third-order valence-electron chi connectivity index (χ3n) is 0.159. The Morgan fingerprint density at radius 1 is 1.29 bits per heavy atom. The summed E-state index contributed by atoms with van der Waals surface area (Å²) in [6.07, 6.45) is 0. The van der Waals surface area contributed by atoms with E-state index in [0.29, 0.717) is 0 Å². The normalized spacial score (nSPS) is 11.1. The summed E-state index contributed by atoms with van der Waals surface area (Å²) in [5, 5.41) is 0. The molecular formula is CHF4OSb. The van der Waals surface area contributed by atoms with Gasteiger partial charge in [-0.05, 0) is 0 Å². The molecule has 0 spiro atoms. The molecule has 0 radical (unpaired) electrons. The van der Waals surface area contributed by atoms with E-state index in [0.717, 1.165) is 0 Å². The Kier molecular flexibility index (Phi) is 3.74. The number of halogens is 4. The van der Waals surface area contributed by atoms with Crippen molar-refractivity contribution in [2.75, 3.05) is 0 Å². The fourth-order valence-corrected chi connectivity index (χ4v) is 0.404. The van der Waals surface area contributed by atoms with E-state index < -0.39 is 28.4 Å². The van der Waals surface area contributed by atoms with E-state index in [1.165, 1.54) is 0 Å².